The maximum Gasteiger partial charge on any atom is 0.0675 e. The Labute approximate surface area is 114 Å². The first-order valence-electron chi connectivity index (χ1n) is 6.73. The first kappa shape index (κ1) is 13.6. The van der Waals surface area contributed by atoms with Gasteiger partial charge < -0.3 is 9.88 Å². The van der Waals surface area contributed by atoms with Gasteiger partial charge in [-0.2, -0.15) is 5.26 Å². The maximum absolute atomic E-state index is 9.42. The Kier molecular flexibility index (Phi) is 3.92. The second kappa shape index (κ2) is 5.46. The molecule has 2 aromatic rings. The zero-order valence-corrected chi connectivity index (χ0v) is 12.1. The van der Waals surface area contributed by atoms with Crippen molar-refractivity contribution >= 4 is 10.9 Å². The first-order chi connectivity index (χ1) is 9.10. The fourth-order valence-electron chi connectivity index (χ4n) is 2.88. The molecular formula is C16H21N3. The number of rotatable bonds is 4. The molecule has 0 spiro atoms. The number of aromatic amines is 1. The van der Waals surface area contributed by atoms with Crippen LogP contribution in [-0.4, -0.2) is 24.0 Å². The number of para-hydroxylation sites is 1. The molecule has 3 heteroatoms. The molecule has 1 heterocycles. The van der Waals surface area contributed by atoms with Gasteiger partial charge in [-0.05, 0) is 39.1 Å². The van der Waals surface area contributed by atoms with Crippen LogP contribution in [0.2, 0.25) is 0 Å². The van der Waals surface area contributed by atoms with Gasteiger partial charge >= 0.3 is 0 Å². The lowest BCUT2D eigenvalue weighted by Crippen LogP contribution is -2.27. The molecule has 19 heavy (non-hydrogen) atoms. The molecule has 0 radical (unpaired) electrons. The SMILES string of the molecule is CCC(C#N)C(c1c(C)[nH]c2ccccc12)N(C)C. The van der Waals surface area contributed by atoms with Crippen LogP contribution in [0.5, 0.6) is 0 Å². The fraction of sp³-hybridized carbons (Fsp3) is 0.438. The van der Waals surface area contributed by atoms with E-state index >= 15 is 0 Å². The van der Waals surface area contributed by atoms with Crippen molar-refractivity contribution in [2.45, 2.75) is 26.3 Å². The summed E-state index contributed by atoms with van der Waals surface area (Å²) in [5.74, 6) is 0.00732. The van der Waals surface area contributed by atoms with Gasteiger partial charge in [0.1, 0.15) is 0 Å². The van der Waals surface area contributed by atoms with Crippen LogP contribution in [-0.2, 0) is 0 Å². The van der Waals surface area contributed by atoms with Crippen LogP contribution < -0.4 is 0 Å². The second-order valence-corrected chi connectivity index (χ2v) is 5.26. The Morgan fingerprint density at radius 2 is 2.00 bits per heavy atom. The summed E-state index contributed by atoms with van der Waals surface area (Å²) in [7, 11) is 4.10. The molecule has 0 aliphatic carbocycles. The molecule has 1 N–H and O–H groups in total. The molecule has 2 rings (SSSR count). The van der Waals surface area contributed by atoms with Crippen LogP contribution in [0, 0.1) is 24.2 Å². The van der Waals surface area contributed by atoms with Crippen molar-refractivity contribution in [1.29, 1.82) is 5.26 Å². The Balaban J connectivity index is 2.63. The Hall–Kier alpha value is -1.79. The second-order valence-electron chi connectivity index (χ2n) is 5.26. The minimum absolute atomic E-state index is 0.00732. The minimum atomic E-state index is 0.00732. The van der Waals surface area contributed by atoms with Crippen molar-refractivity contribution in [1.82, 2.24) is 9.88 Å². The number of fused-ring (bicyclic) bond motifs is 1. The molecule has 0 aliphatic heterocycles. The number of hydrogen-bond donors (Lipinski definition) is 1. The average Bonchev–Trinajstić information content (AvgIpc) is 2.71. The summed E-state index contributed by atoms with van der Waals surface area (Å²) >= 11 is 0. The maximum atomic E-state index is 9.42. The highest BCUT2D eigenvalue weighted by Crippen LogP contribution is 2.36. The lowest BCUT2D eigenvalue weighted by molar-refractivity contribution is 0.242. The molecule has 2 atom stereocenters. The summed E-state index contributed by atoms with van der Waals surface area (Å²) in [4.78, 5) is 5.58. The van der Waals surface area contributed by atoms with Gasteiger partial charge in [0.05, 0.1) is 18.0 Å². The van der Waals surface area contributed by atoms with Crippen molar-refractivity contribution in [3.8, 4) is 6.07 Å². The number of nitrogens with one attached hydrogen (secondary N) is 1. The summed E-state index contributed by atoms with van der Waals surface area (Å²) in [5.41, 5.74) is 3.57. The molecular weight excluding hydrogens is 234 g/mol. The molecule has 0 fully saturated rings. The van der Waals surface area contributed by atoms with E-state index in [1.165, 1.54) is 10.9 Å². The first-order valence-corrected chi connectivity index (χ1v) is 6.73. The van der Waals surface area contributed by atoms with Gasteiger partial charge in [-0.3, -0.25) is 0 Å². The number of aromatic nitrogens is 1. The lowest BCUT2D eigenvalue weighted by Gasteiger charge is -2.28. The smallest absolute Gasteiger partial charge is 0.0675 e. The molecule has 0 saturated carbocycles. The van der Waals surface area contributed by atoms with Gasteiger partial charge in [0.2, 0.25) is 0 Å². The topological polar surface area (TPSA) is 42.8 Å². The molecule has 0 saturated heterocycles. The van der Waals surface area contributed by atoms with E-state index in [-0.39, 0.29) is 12.0 Å². The quantitative estimate of drug-likeness (QED) is 0.906. The van der Waals surface area contributed by atoms with Crippen LogP contribution in [0.25, 0.3) is 10.9 Å². The van der Waals surface area contributed by atoms with E-state index in [2.05, 4.69) is 48.0 Å². The minimum Gasteiger partial charge on any atom is -0.358 e. The number of nitriles is 1. The Bertz CT molecular complexity index is 604. The Morgan fingerprint density at radius 1 is 1.32 bits per heavy atom. The summed E-state index contributed by atoms with van der Waals surface area (Å²) in [6, 6.07) is 10.9. The van der Waals surface area contributed by atoms with Crippen LogP contribution in [0.1, 0.15) is 30.6 Å². The van der Waals surface area contributed by atoms with Gasteiger partial charge in [-0.1, -0.05) is 25.1 Å². The average molecular weight is 255 g/mol. The third-order valence-electron chi connectivity index (χ3n) is 3.78. The monoisotopic (exact) mass is 255 g/mol. The van der Waals surface area contributed by atoms with Crippen molar-refractivity contribution < 1.29 is 0 Å². The molecule has 1 aromatic heterocycles. The van der Waals surface area contributed by atoms with Crippen LogP contribution in [0.4, 0.5) is 0 Å². The van der Waals surface area contributed by atoms with E-state index in [4.69, 9.17) is 0 Å². The van der Waals surface area contributed by atoms with Gasteiger partial charge in [0, 0.05) is 16.6 Å². The highest BCUT2D eigenvalue weighted by atomic mass is 15.1. The molecule has 0 amide bonds. The van der Waals surface area contributed by atoms with Gasteiger partial charge in [0.25, 0.3) is 0 Å². The van der Waals surface area contributed by atoms with E-state index in [0.717, 1.165) is 17.6 Å². The largest absolute Gasteiger partial charge is 0.358 e. The van der Waals surface area contributed by atoms with Crippen LogP contribution in [0.3, 0.4) is 0 Å². The third kappa shape index (κ3) is 2.36. The normalized spacial score (nSPS) is 14.5. The number of nitrogens with zero attached hydrogens (tertiary/aromatic N) is 2. The van der Waals surface area contributed by atoms with E-state index in [0.29, 0.717) is 0 Å². The van der Waals surface area contributed by atoms with Gasteiger partial charge in [-0.15, -0.1) is 0 Å². The van der Waals surface area contributed by atoms with Crippen molar-refractivity contribution in [2.24, 2.45) is 5.92 Å². The van der Waals surface area contributed by atoms with Crippen molar-refractivity contribution in [3.05, 3.63) is 35.5 Å². The zero-order valence-electron chi connectivity index (χ0n) is 12.1. The molecule has 0 aliphatic rings. The van der Waals surface area contributed by atoms with E-state index in [1.54, 1.807) is 0 Å². The van der Waals surface area contributed by atoms with E-state index in [9.17, 15) is 5.26 Å². The number of hydrogen-bond acceptors (Lipinski definition) is 2. The van der Waals surface area contributed by atoms with Gasteiger partial charge in [-0.25, -0.2) is 0 Å². The van der Waals surface area contributed by atoms with Crippen molar-refractivity contribution in [3.63, 3.8) is 0 Å². The zero-order chi connectivity index (χ0) is 14.0. The highest BCUT2D eigenvalue weighted by Gasteiger charge is 2.27. The summed E-state index contributed by atoms with van der Waals surface area (Å²) in [6.07, 6.45) is 0.859. The molecule has 3 nitrogen and oxygen atoms in total. The predicted octanol–water partition coefficient (Wildman–Crippen LogP) is 3.63. The van der Waals surface area contributed by atoms with E-state index in [1.807, 2.05) is 20.2 Å². The predicted molar refractivity (Wildman–Crippen MR) is 78.9 cm³/mol. The summed E-state index contributed by atoms with van der Waals surface area (Å²) in [6.45, 7) is 4.17. The molecule has 1 aromatic carbocycles. The van der Waals surface area contributed by atoms with E-state index < -0.39 is 0 Å². The molecule has 0 bridgehead atoms. The van der Waals surface area contributed by atoms with Crippen LogP contribution in [0.15, 0.2) is 24.3 Å². The Morgan fingerprint density at radius 3 is 2.58 bits per heavy atom. The molecule has 2 unspecified atom stereocenters. The standard InChI is InChI=1S/C16H21N3/c1-5-12(10-17)16(19(3)4)15-11(2)18-14-9-7-6-8-13(14)15/h6-9,12,16,18H,5H2,1-4H3. The summed E-state index contributed by atoms with van der Waals surface area (Å²) < 4.78 is 0. The highest BCUT2D eigenvalue weighted by molar-refractivity contribution is 5.85. The number of H-pyrrole nitrogens is 1. The van der Waals surface area contributed by atoms with Crippen LogP contribution >= 0.6 is 0 Å². The fourth-order valence-corrected chi connectivity index (χ4v) is 2.88. The lowest BCUT2D eigenvalue weighted by atomic mass is 9.89. The molecule has 100 valence electrons. The van der Waals surface area contributed by atoms with Gasteiger partial charge in [0.15, 0.2) is 0 Å². The number of aryl methyl sites for hydroxylation is 1. The third-order valence-corrected chi connectivity index (χ3v) is 3.78. The number of benzene rings is 1. The summed E-state index contributed by atoms with van der Waals surface area (Å²) in [5, 5.41) is 10.6. The van der Waals surface area contributed by atoms with Crippen molar-refractivity contribution in [2.75, 3.05) is 14.1 Å².